The molecule has 0 aromatic heterocycles. The van der Waals surface area contributed by atoms with Gasteiger partial charge in [-0.3, -0.25) is 4.79 Å². The van der Waals surface area contributed by atoms with Crippen molar-refractivity contribution in [2.75, 3.05) is 18.1 Å². The molecule has 0 fully saturated rings. The Morgan fingerprint density at radius 1 is 1.23 bits per heavy atom. The SMILES string of the molecule is CCS(=O)(=O)CCNC(=O)/C(=C/c1ccccc1)C(F)(F)F. The molecule has 0 spiro atoms. The quantitative estimate of drug-likeness (QED) is 0.811. The highest BCUT2D eigenvalue weighted by molar-refractivity contribution is 7.91. The van der Waals surface area contributed by atoms with Gasteiger partial charge in [-0.1, -0.05) is 37.3 Å². The Bertz CT molecular complexity index is 637. The number of carbonyl (C=O) groups is 1. The van der Waals surface area contributed by atoms with E-state index in [0.29, 0.717) is 0 Å². The van der Waals surface area contributed by atoms with Crippen molar-refractivity contribution in [1.82, 2.24) is 5.32 Å². The van der Waals surface area contributed by atoms with Gasteiger partial charge in [-0.05, 0) is 11.6 Å². The first-order valence-corrected chi connectivity index (χ1v) is 8.30. The van der Waals surface area contributed by atoms with E-state index in [4.69, 9.17) is 0 Å². The minimum absolute atomic E-state index is 0.130. The van der Waals surface area contributed by atoms with E-state index in [-0.39, 0.29) is 17.9 Å². The Hall–Kier alpha value is -1.83. The summed E-state index contributed by atoms with van der Waals surface area (Å²) in [5, 5.41) is 1.99. The number of rotatable bonds is 6. The molecule has 8 heteroatoms. The molecule has 1 aromatic carbocycles. The molecule has 1 rings (SSSR count). The van der Waals surface area contributed by atoms with E-state index in [0.717, 1.165) is 6.08 Å². The van der Waals surface area contributed by atoms with E-state index in [1.165, 1.54) is 19.1 Å². The summed E-state index contributed by atoms with van der Waals surface area (Å²) in [6.45, 7) is 1.06. The molecule has 0 radical (unpaired) electrons. The van der Waals surface area contributed by atoms with Crippen LogP contribution in [0.5, 0.6) is 0 Å². The highest BCUT2D eigenvalue weighted by atomic mass is 32.2. The number of amides is 1. The predicted molar refractivity (Wildman–Crippen MR) is 77.8 cm³/mol. The number of nitrogens with one attached hydrogen (secondary N) is 1. The van der Waals surface area contributed by atoms with Gasteiger partial charge in [0.25, 0.3) is 5.91 Å². The van der Waals surface area contributed by atoms with Crippen LogP contribution in [0.1, 0.15) is 12.5 Å². The van der Waals surface area contributed by atoms with Gasteiger partial charge in [0.1, 0.15) is 5.57 Å². The molecule has 0 unspecified atom stereocenters. The van der Waals surface area contributed by atoms with Gasteiger partial charge in [-0.2, -0.15) is 13.2 Å². The zero-order valence-electron chi connectivity index (χ0n) is 11.9. The second-order valence-corrected chi connectivity index (χ2v) is 6.93. The summed E-state index contributed by atoms with van der Waals surface area (Å²) in [5.74, 6) is -1.87. The fourth-order valence-electron chi connectivity index (χ4n) is 1.55. The number of benzene rings is 1. The average Bonchev–Trinajstić information content (AvgIpc) is 2.44. The highest BCUT2D eigenvalue weighted by Crippen LogP contribution is 2.27. The third-order valence-electron chi connectivity index (χ3n) is 2.80. The molecule has 1 amide bonds. The second-order valence-electron chi connectivity index (χ2n) is 4.46. The Labute approximate surface area is 126 Å². The molecule has 0 saturated carbocycles. The standard InChI is InChI=1S/C14H16F3NO3S/c1-2-22(20,21)9-8-18-13(19)12(14(15,16)17)10-11-6-4-3-5-7-11/h3-7,10H,2,8-9H2,1H3,(H,18,19)/b12-10-. The maximum absolute atomic E-state index is 12.9. The number of sulfone groups is 1. The molecule has 0 aliphatic heterocycles. The van der Waals surface area contributed by atoms with Gasteiger partial charge in [0.2, 0.25) is 0 Å². The third kappa shape index (κ3) is 5.88. The largest absolute Gasteiger partial charge is 0.421 e. The number of hydrogen-bond acceptors (Lipinski definition) is 3. The van der Waals surface area contributed by atoms with Crippen molar-refractivity contribution in [1.29, 1.82) is 0 Å². The first-order valence-electron chi connectivity index (χ1n) is 6.48. The van der Waals surface area contributed by atoms with E-state index in [9.17, 15) is 26.4 Å². The molecule has 0 atom stereocenters. The topological polar surface area (TPSA) is 63.2 Å². The Morgan fingerprint density at radius 2 is 1.82 bits per heavy atom. The van der Waals surface area contributed by atoms with E-state index < -0.39 is 33.2 Å². The first kappa shape index (κ1) is 18.2. The van der Waals surface area contributed by atoms with E-state index in [1.807, 2.05) is 5.32 Å². The van der Waals surface area contributed by atoms with Gasteiger partial charge in [0, 0.05) is 12.3 Å². The summed E-state index contributed by atoms with van der Waals surface area (Å²) in [5.41, 5.74) is -1.14. The van der Waals surface area contributed by atoms with Gasteiger partial charge in [-0.15, -0.1) is 0 Å². The van der Waals surface area contributed by atoms with E-state index in [2.05, 4.69) is 0 Å². The molecule has 1 aromatic rings. The first-order chi connectivity index (χ1) is 10.2. The van der Waals surface area contributed by atoms with Crippen LogP contribution in [0.4, 0.5) is 13.2 Å². The lowest BCUT2D eigenvalue weighted by Gasteiger charge is -2.12. The molecule has 0 aliphatic rings. The van der Waals surface area contributed by atoms with Crippen molar-refractivity contribution in [3.8, 4) is 0 Å². The summed E-state index contributed by atoms with van der Waals surface area (Å²) >= 11 is 0. The monoisotopic (exact) mass is 335 g/mol. The Morgan fingerprint density at radius 3 is 2.32 bits per heavy atom. The van der Waals surface area contributed by atoms with Crippen molar-refractivity contribution < 1.29 is 26.4 Å². The molecule has 4 nitrogen and oxygen atoms in total. The van der Waals surface area contributed by atoms with Crippen molar-refractivity contribution in [3.63, 3.8) is 0 Å². The molecular weight excluding hydrogens is 319 g/mol. The van der Waals surface area contributed by atoms with Gasteiger partial charge in [0.15, 0.2) is 9.84 Å². The fourth-order valence-corrected chi connectivity index (χ4v) is 2.25. The number of halogens is 3. The second kappa shape index (κ2) is 7.44. The minimum atomic E-state index is -4.83. The number of carbonyl (C=O) groups excluding carboxylic acids is 1. The molecular formula is C14H16F3NO3S. The van der Waals surface area contributed by atoms with Crippen LogP contribution in [0, 0.1) is 0 Å². The van der Waals surface area contributed by atoms with Gasteiger partial charge in [0.05, 0.1) is 5.75 Å². The molecule has 1 N–H and O–H groups in total. The molecule has 122 valence electrons. The molecule has 22 heavy (non-hydrogen) atoms. The van der Waals surface area contributed by atoms with Crippen molar-refractivity contribution in [3.05, 3.63) is 41.5 Å². The normalized spacial score (nSPS) is 13.0. The van der Waals surface area contributed by atoms with Crippen LogP contribution in [-0.2, 0) is 14.6 Å². The smallest absolute Gasteiger partial charge is 0.351 e. The van der Waals surface area contributed by atoms with Crippen molar-refractivity contribution >= 4 is 21.8 Å². The van der Waals surface area contributed by atoms with Crippen LogP contribution in [0.25, 0.3) is 6.08 Å². The van der Waals surface area contributed by atoms with Crippen molar-refractivity contribution in [2.45, 2.75) is 13.1 Å². The van der Waals surface area contributed by atoms with Crippen LogP contribution >= 0.6 is 0 Å². The maximum Gasteiger partial charge on any atom is 0.421 e. The lowest BCUT2D eigenvalue weighted by Crippen LogP contribution is -2.35. The molecule has 0 aliphatic carbocycles. The molecule has 0 bridgehead atoms. The summed E-state index contributed by atoms with van der Waals surface area (Å²) in [7, 11) is -3.35. The maximum atomic E-state index is 12.9. The fraction of sp³-hybridized carbons (Fsp3) is 0.357. The summed E-state index contributed by atoms with van der Waals surface area (Å²) in [4.78, 5) is 11.7. The lowest BCUT2D eigenvalue weighted by molar-refractivity contribution is -0.130. The van der Waals surface area contributed by atoms with Crippen LogP contribution in [0.2, 0.25) is 0 Å². The summed E-state index contributed by atoms with van der Waals surface area (Å²) in [6.07, 6.45) is -4.10. The van der Waals surface area contributed by atoms with E-state index >= 15 is 0 Å². The summed E-state index contributed by atoms with van der Waals surface area (Å²) < 4.78 is 61.3. The predicted octanol–water partition coefficient (Wildman–Crippen LogP) is 2.18. The van der Waals surface area contributed by atoms with Crippen LogP contribution < -0.4 is 5.32 Å². The molecule has 0 saturated heterocycles. The van der Waals surface area contributed by atoms with Gasteiger partial charge < -0.3 is 5.32 Å². The average molecular weight is 335 g/mol. The Kier molecular flexibility index (Phi) is 6.16. The zero-order chi connectivity index (χ0) is 16.8. The minimum Gasteiger partial charge on any atom is -0.351 e. The Balaban J connectivity index is 2.86. The lowest BCUT2D eigenvalue weighted by atomic mass is 10.1. The van der Waals surface area contributed by atoms with Crippen LogP contribution in [0.3, 0.4) is 0 Å². The number of hydrogen-bond donors (Lipinski definition) is 1. The van der Waals surface area contributed by atoms with Crippen LogP contribution in [0.15, 0.2) is 35.9 Å². The number of alkyl halides is 3. The van der Waals surface area contributed by atoms with E-state index in [1.54, 1.807) is 18.2 Å². The molecule has 0 heterocycles. The highest BCUT2D eigenvalue weighted by Gasteiger charge is 2.38. The zero-order valence-corrected chi connectivity index (χ0v) is 12.7. The van der Waals surface area contributed by atoms with Gasteiger partial charge in [-0.25, -0.2) is 8.42 Å². The van der Waals surface area contributed by atoms with Crippen LogP contribution in [-0.4, -0.2) is 38.6 Å². The van der Waals surface area contributed by atoms with Crippen molar-refractivity contribution in [2.24, 2.45) is 0 Å². The van der Waals surface area contributed by atoms with Gasteiger partial charge >= 0.3 is 6.18 Å². The summed E-state index contributed by atoms with van der Waals surface area (Å²) in [6, 6.07) is 7.60. The third-order valence-corrected chi connectivity index (χ3v) is 4.50.